The summed E-state index contributed by atoms with van der Waals surface area (Å²) < 4.78 is 0. The van der Waals surface area contributed by atoms with Crippen molar-refractivity contribution in [2.45, 2.75) is 46.0 Å². The number of aliphatic hydroxyl groups is 1. The van der Waals surface area contributed by atoms with E-state index in [4.69, 9.17) is 10.1 Å². The van der Waals surface area contributed by atoms with Crippen LogP contribution < -0.4 is 0 Å². The first-order valence-corrected chi connectivity index (χ1v) is 11.7. The number of aromatic nitrogens is 1. The molecular formula is C31H28IrNO2-. The van der Waals surface area contributed by atoms with Crippen molar-refractivity contribution < 1.29 is 30.0 Å². The van der Waals surface area contributed by atoms with E-state index in [-0.39, 0.29) is 31.6 Å². The number of carbonyl (C=O) groups excluding carboxylic acids is 1. The van der Waals surface area contributed by atoms with E-state index in [0.29, 0.717) is 11.8 Å². The maximum atomic E-state index is 10.0. The van der Waals surface area contributed by atoms with E-state index in [2.05, 4.69) is 80.6 Å². The maximum absolute atomic E-state index is 10.0. The van der Waals surface area contributed by atoms with Crippen LogP contribution in [0, 0.1) is 19.9 Å². The molecule has 1 aromatic heterocycles. The number of pyridine rings is 1. The third-order valence-corrected chi connectivity index (χ3v) is 6.70. The molecule has 0 fully saturated rings. The monoisotopic (exact) mass is 639 g/mol. The Hall–Kier alpha value is -3.07. The summed E-state index contributed by atoms with van der Waals surface area (Å²) in [5.41, 5.74) is 11.8. The van der Waals surface area contributed by atoms with Crippen LogP contribution in [-0.4, -0.2) is 15.9 Å². The van der Waals surface area contributed by atoms with Crippen LogP contribution in [0.25, 0.3) is 22.2 Å². The molecule has 3 nitrogen and oxygen atoms in total. The summed E-state index contributed by atoms with van der Waals surface area (Å²) in [5.74, 6) is 0.897. The van der Waals surface area contributed by atoms with Gasteiger partial charge in [0, 0.05) is 43.4 Å². The number of nitrogens with zero attached hydrogens (tertiary/aromatic N) is 1. The Balaban J connectivity index is 0.000000320. The van der Waals surface area contributed by atoms with Crippen LogP contribution >= 0.6 is 0 Å². The topological polar surface area (TPSA) is 50.2 Å². The minimum Gasteiger partial charge on any atom is -0.512 e. The molecule has 0 amide bonds. The van der Waals surface area contributed by atoms with Crippen molar-refractivity contribution in [3.63, 3.8) is 0 Å². The van der Waals surface area contributed by atoms with Crippen LogP contribution in [-0.2, 0) is 24.9 Å². The number of fused-ring (bicyclic) bond motifs is 10. The smallest absolute Gasteiger partial charge is 0.155 e. The van der Waals surface area contributed by atoms with Crippen LogP contribution in [0.2, 0.25) is 0 Å². The van der Waals surface area contributed by atoms with Crippen molar-refractivity contribution in [1.82, 2.24) is 4.98 Å². The molecule has 0 saturated carbocycles. The molecule has 6 rings (SSSR count). The van der Waals surface area contributed by atoms with Gasteiger partial charge in [0.2, 0.25) is 0 Å². The molecule has 0 saturated heterocycles. The number of ketones is 1. The Bertz CT molecular complexity index is 1450. The van der Waals surface area contributed by atoms with E-state index in [0.717, 1.165) is 16.8 Å². The summed E-state index contributed by atoms with van der Waals surface area (Å²) in [6.45, 7) is 7.13. The Labute approximate surface area is 220 Å². The van der Waals surface area contributed by atoms with Gasteiger partial charge in [-0.05, 0) is 48.7 Å². The SMILES string of the molecule is CC(=O)C=C(C)O.Cc1[c-]c(-c2nc3ccccc3c3c2C2CC3c3ccccc32)cc(C)c1.[Ir]. The molecule has 3 aromatic carbocycles. The fourth-order valence-corrected chi connectivity index (χ4v) is 5.68. The van der Waals surface area contributed by atoms with Crippen LogP contribution in [0.1, 0.15) is 65.5 Å². The van der Waals surface area contributed by atoms with Gasteiger partial charge < -0.3 is 5.11 Å². The van der Waals surface area contributed by atoms with Crippen molar-refractivity contribution >= 4 is 16.7 Å². The Morgan fingerprint density at radius 1 is 0.971 bits per heavy atom. The quantitative estimate of drug-likeness (QED) is 0.142. The summed E-state index contributed by atoms with van der Waals surface area (Å²) in [7, 11) is 0. The molecule has 4 heteroatoms. The minimum absolute atomic E-state index is 0. The number of rotatable bonds is 2. The summed E-state index contributed by atoms with van der Waals surface area (Å²) in [6.07, 6.45) is 2.35. The van der Waals surface area contributed by atoms with Gasteiger partial charge in [0.25, 0.3) is 0 Å². The second kappa shape index (κ2) is 9.89. The predicted octanol–water partition coefficient (Wildman–Crippen LogP) is 7.33. The van der Waals surface area contributed by atoms with Crippen molar-refractivity contribution in [2.75, 3.05) is 0 Å². The zero-order chi connectivity index (χ0) is 24.0. The Kier molecular flexibility index (Phi) is 7.07. The van der Waals surface area contributed by atoms with Gasteiger partial charge in [-0.1, -0.05) is 61.9 Å². The first kappa shape index (κ1) is 25.0. The number of para-hydroxylation sites is 1. The van der Waals surface area contributed by atoms with Crippen LogP contribution in [0.5, 0.6) is 0 Å². The molecular weight excluding hydrogens is 611 g/mol. The molecule has 2 atom stereocenters. The number of allylic oxidation sites excluding steroid dienone is 2. The first-order chi connectivity index (χ1) is 16.3. The van der Waals surface area contributed by atoms with E-state index < -0.39 is 0 Å². The molecule has 2 aliphatic rings. The van der Waals surface area contributed by atoms with Gasteiger partial charge in [0.15, 0.2) is 5.78 Å². The number of hydrogen-bond acceptors (Lipinski definition) is 3. The Morgan fingerprint density at radius 3 is 2.20 bits per heavy atom. The largest absolute Gasteiger partial charge is 0.512 e. The molecule has 4 aromatic rings. The second-order valence-electron chi connectivity index (χ2n) is 9.43. The molecule has 1 heterocycles. The first-order valence-electron chi connectivity index (χ1n) is 11.7. The molecule has 2 unspecified atom stereocenters. The molecule has 179 valence electrons. The van der Waals surface area contributed by atoms with Gasteiger partial charge in [-0.15, -0.1) is 34.9 Å². The van der Waals surface area contributed by atoms with Crippen LogP contribution in [0.3, 0.4) is 0 Å². The van der Waals surface area contributed by atoms with Crippen molar-refractivity contribution in [2.24, 2.45) is 0 Å². The zero-order valence-electron chi connectivity index (χ0n) is 20.3. The van der Waals surface area contributed by atoms with E-state index in [1.807, 2.05) is 0 Å². The molecule has 35 heavy (non-hydrogen) atoms. The zero-order valence-corrected chi connectivity index (χ0v) is 22.7. The van der Waals surface area contributed by atoms with E-state index in [9.17, 15) is 4.79 Å². The van der Waals surface area contributed by atoms with E-state index in [1.165, 1.54) is 65.1 Å². The molecule has 2 bridgehead atoms. The average molecular weight is 639 g/mol. The number of hydrogen-bond donors (Lipinski definition) is 1. The number of carbonyl (C=O) groups is 1. The standard InChI is InChI=1S/C26H20N.C5H8O2.Ir/c1-15-11-16(2)13-17(12-15)26-25-22-14-21(18-7-3-4-8-19(18)22)24(25)20-9-5-6-10-23(20)27-26;1-4(6)3-5(2)7;/h3-12,21-22H,14H2,1-2H3;3,6H,1-2H3;/q-1;;. The van der Waals surface area contributed by atoms with Gasteiger partial charge >= 0.3 is 0 Å². The third kappa shape index (κ3) is 4.61. The summed E-state index contributed by atoms with van der Waals surface area (Å²) in [4.78, 5) is 15.2. The molecule has 2 aliphatic carbocycles. The van der Waals surface area contributed by atoms with Crippen molar-refractivity contribution in [3.05, 3.63) is 112 Å². The third-order valence-electron chi connectivity index (χ3n) is 6.70. The summed E-state index contributed by atoms with van der Waals surface area (Å²) in [6, 6.07) is 25.6. The number of aryl methyl sites for hydroxylation is 2. The normalized spacial score (nSPS) is 17.2. The summed E-state index contributed by atoms with van der Waals surface area (Å²) in [5, 5.41) is 9.68. The van der Waals surface area contributed by atoms with E-state index >= 15 is 0 Å². The molecule has 1 N–H and O–H groups in total. The maximum Gasteiger partial charge on any atom is 0.155 e. The average Bonchev–Trinajstić information content (AvgIpc) is 3.35. The van der Waals surface area contributed by atoms with Gasteiger partial charge in [-0.2, -0.15) is 0 Å². The van der Waals surface area contributed by atoms with Crippen LogP contribution in [0.15, 0.2) is 72.5 Å². The van der Waals surface area contributed by atoms with Crippen LogP contribution in [0.4, 0.5) is 0 Å². The fourth-order valence-electron chi connectivity index (χ4n) is 5.68. The minimum atomic E-state index is -0.125. The molecule has 1 radical (unpaired) electrons. The number of aliphatic hydroxyl groups excluding tert-OH is 1. The van der Waals surface area contributed by atoms with Crippen molar-refractivity contribution in [3.8, 4) is 11.3 Å². The Morgan fingerprint density at radius 2 is 1.60 bits per heavy atom. The molecule has 0 spiro atoms. The predicted molar refractivity (Wildman–Crippen MR) is 137 cm³/mol. The summed E-state index contributed by atoms with van der Waals surface area (Å²) >= 11 is 0. The van der Waals surface area contributed by atoms with Gasteiger partial charge in [-0.25, -0.2) is 0 Å². The number of benzene rings is 3. The van der Waals surface area contributed by atoms with E-state index in [1.54, 1.807) is 0 Å². The second-order valence-corrected chi connectivity index (χ2v) is 9.43. The van der Waals surface area contributed by atoms with Gasteiger partial charge in [-0.3, -0.25) is 9.78 Å². The fraction of sp³-hybridized carbons (Fsp3) is 0.226. The van der Waals surface area contributed by atoms with Crippen molar-refractivity contribution in [1.29, 1.82) is 0 Å². The van der Waals surface area contributed by atoms with Gasteiger partial charge in [0.05, 0.1) is 11.3 Å². The molecule has 0 aliphatic heterocycles. The van der Waals surface area contributed by atoms with Gasteiger partial charge in [0.1, 0.15) is 0 Å².